The van der Waals surface area contributed by atoms with E-state index >= 15 is 0 Å². The molecule has 0 unspecified atom stereocenters. The fourth-order valence-electron chi connectivity index (χ4n) is 4.98. The van der Waals surface area contributed by atoms with Crippen molar-refractivity contribution in [1.82, 2.24) is 19.7 Å². The van der Waals surface area contributed by atoms with Crippen LogP contribution in [0, 0.1) is 17.2 Å². The van der Waals surface area contributed by atoms with Gasteiger partial charge >= 0.3 is 19.9 Å². The van der Waals surface area contributed by atoms with Crippen molar-refractivity contribution in [2.45, 2.75) is 63.6 Å². The van der Waals surface area contributed by atoms with Gasteiger partial charge in [-0.25, -0.2) is 18.9 Å². The monoisotopic (exact) mass is 629 g/mol. The topological polar surface area (TPSA) is 199 Å². The lowest BCUT2D eigenvalue weighted by molar-refractivity contribution is -0.146. The number of carbonyl (C=O) groups is 2. The smallest absolute Gasteiger partial charge is 0.464 e. The van der Waals surface area contributed by atoms with E-state index in [1.807, 2.05) is 19.9 Å². The Bertz CT molecular complexity index is 1650. The number of hydrogen-bond acceptors (Lipinski definition) is 13. The van der Waals surface area contributed by atoms with Crippen LogP contribution in [0.25, 0.3) is 5.52 Å². The van der Waals surface area contributed by atoms with Crippen LogP contribution in [0.5, 0.6) is 5.75 Å². The molecule has 0 saturated carbocycles. The number of benzene rings is 1. The van der Waals surface area contributed by atoms with Gasteiger partial charge in [0.25, 0.3) is 0 Å². The van der Waals surface area contributed by atoms with Crippen LogP contribution in [0.1, 0.15) is 40.7 Å². The molecular formula is C28H33N6O9P. The Balaban J connectivity index is 1.40. The summed E-state index contributed by atoms with van der Waals surface area (Å²) in [7, 11) is -4.35. The largest absolute Gasteiger partial charge is 0.509 e. The summed E-state index contributed by atoms with van der Waals surface area (Å²) in [5.41, 5.74) is 4.06. The minimum absolute atomic E-state index is 0.0129. The molecule has 2 fully saturated rings. The highest BCUT2D eigenvalue weighted by Gasteiger charge is 2.65. The second kappa shape index (κ2) is 12.8. The second-order valence-corrected chi connectivity index (χ2v) is 12.0. The molecular weight excluding hydrogens is 595 g/mol. The number of ether oxygens (including phenoxy) is 4. The van der Waals surface area contributed by atoms with Gasteiger partial charge in [0.1, 0.15) is 35.8 Å². The Labute approximate surface area is 254 Å². The van der Waals surface area contributed by atoms with Crippen LogP contribution in [-0.2, 0) is 38.4 Å². The maximum Gasteiger partial charge on any atom is 0.509 e. The molecule has 2 aliphatic heterocycles. The normalized spacial score (nSPS) is 24.9. The van der Waals surface area contributed by atoms with E-state index in [1.54, 1.807) is 30.3 Å². The summed E-state index contributed by atoms with van der Waals surface area (Å²) >= 11 is 0. The number of nitrogens with two attached hydrogens (primary N) is 1. The molecule has 3 aromatic rings. The van der Waals surface area contributed by atoms with Crippen molar-refractivity contribution in [3.63, 3.8) is 0 Å². The SMILES string of the molecule is [2H]c1cc([C@]2(C#N)O[C@H](CO[P@@](=O)(N[C@@H](C)C(=O)OCC(CC)CC)Oc3ccccc3)[C@H]3OC(=O)O[C@H]32)n2ncnc(N)c12. The fourth-order valence-corrected chi connectivity index (χ4v) is 6.48. The van der Waals surface area contributed by atoms with Crippen molar-refractivity contribution in [3.8, 4) is 11.8 Å². The molecule has 0 amide bonds. The van der Waals surface area contributed by atoms with E-state index in [0.717, 1.165) is 19.2 Å². The van der Waals surface area contributed by atoms with Gasteiger partial charge in [0.05, 0.1) is 20.3 Å². The lowest BCUT2D eigenvalue weighted by atomic mass is 9.92. The number of nitriles is 1. The van der Waals surface area contributed by atoms with E-state index < -0.39 is 56.4 Å². The minimum Gasteiger partial charge on any atom is -0.464 e. The van der Waals surface area contributed by atoms with Crippen molar-refractivity contribution in [2.75, 3.05) is 18.9 Å². The summed E-state index contributed by atoms with van der Waals surface area (Å²) in [6.45, 7) is 5.11. The van der Waals surface area contributed by atoms with Gasteiger partial charge in [0, 0.05) is 0 Å². The molecule has 0 spiro atoms. The zero-order valence-corrected chi connectivity index (χ0v) is 25.1. The average molecular weight is 630 g/mol. The first-order chi connectivity index (χ1) is 21.5. The van der Waals surface area contributed by atoms with Crippen LogP contribution in [-0.4, -0.2) is 64.3 Å². The summed E-state index contributed by atoms with van der Waals surface area (Å²) in [5.74, 6) is -0.311. The zero-order chi connectivity index (χ0) is 32.4. The van der Waals surface area contributed by atoms with Gasteiger partial charge in [0.2, 0.25) is 5.60 Å². The lowest BCUT2D eigenvalue weighted by Gasteiger charge is -2.26. The van der Waals surface area contributed by atoms with Crippen molar-refractivity contribution in [2.24, 2.45) is 5.92 Å². The Morgan fingerprint density at radius 1 is 1.30 bits per heavy atom. The first-order valence-electron chi connectivity index (χ1n) is 14.5. The van der Waals surface area contributed by atoms with Crippen LogP contribution in [0.2, 0.25) is 0 Å². The molecule has 1 aromatic carbocycles. The number of para-hydroxylation sites is 1. The number of nitrogens with one attached hydrogen (secondary N) is 1. The van der Waals surface area contributed by atoms with Crippen molar-refractivity contribution < 1.29 is 43.5 Å². The summed E-state index contributed by atoms with van der Waals surface area (Å²) in [4.78, 5) is 29.0. The van der Waals surface area contributed by atoms with E-state index in [0.29, 0.717) is 0 Å². The molecule has 0 radical (unpaired) electrons. The average Bonchev–Trinajstić information content (AvgIpc) is 3.67. The van der Waals surface area contributed by atoms with Gasteiger partial charge in [-0.3, -0.25) is 9.32 Å². The predicted octanol–water partition coefficient (Wildman–Crippen LogP) is 3.49. The van der Waals surface area contributed by atoms with E-state index in [9.17, 15) is 19.4 Å². The van der Waals surface area contributed by atoms with Gasteiger partial charge in [-0.1, -0.05) is 44.9 Å². The summed E-state index contributed by atoms with van der Waals surface area (Å²) in [5, 5.41) is 17.2. The van der Waals surface area contributed by atoms with E-state index in [-0.39, 0.29) is 41.3 Å². The molecule has 0 aliphatic carbocycles. The lowest BCUT2D eigenvalue weighted by Crippen LogP contribution is -2.39. The Kier molecular flexibility index (Phi) is 8.67. The molecule has 2 saturated heterocycles. The summed E-state index contributed by atoms with van der Waals surface area (Å²) in [6, 6.07) is 10.3. The van der Waals surface area contributed by atoms with Crippen molar-refractivity contribution in [3.05, 3.63) is 54.5 Å². The molecule has 5 rings (SSSR count). The van der Waals surface area contributed by atoms with Gasteiger partial charge in [-0.05, 0) is 37.1 Å². The quantitative estimate of drug-likeness (QED) is 0.206. The molecule has 16 heteroatoms. The summed E-state index contributed by atoms with van der Waals surface area (Å²) < 4.78 is 57.4. The third kappa shape index (κ3) is 6.07. The molecule has 3 N–H and O–H groups in total. The number of fused-ring (bicyclic) bond motifs is 2. The molecule has 4 heterocycles. The number of nitrogen functional groups attached to an aromatic ring is 1. The molecule has 0 bridgehead atoms. The summed E-state index contributed by atoms with van der Waals surface area (Å²) in [6.07, 6.45) is -1.99. The van der Waals surface area contributed by atoms with E-state index in [1.165, 1.54) is 17.5 Å². The van der Waals surface area contributed by atoms with Crippen LogP contribution in [0.3, 0.4) is 0 Å². The first kappa shape index (κ1) is 29.8. The Morgan fingerprint density at radius 3 is 2.75 bits per heavy atom. The molecule has 234 valence electrons. The Morgan fingerprint density at radius 2 is 2.05 bits per heavy atom. The number of hydrogen-bond donors (Lipinski definition) is 2. The fraction of sp³-hybridized carbons (Fsp3) is 0.464. The highest BCUT2D eigenvalue weighted by Crippen LogP contribution is 2.49. The van der Waals surface area contributed by atoms with Gasteiger partial charge in [-0.2, -0.15) is 15.4 Å². The third-order valence-corrected chi connectivity index (χ3v) is 9.14. The number of anilines is 1. The van der Waals surface area contributed by atoms with Crippen LogP contribution >= 0.6 is 7.75 Å². The predicted molar refractivity (Wildman–Crippen MR) is 153 cm³/mol. The number of rotatable bonds is 13. The number of nitrogens with zero attached hydrogens (tertiary/aromatic N) is 4. The van der Waals surface area contributed by atoms with E-state index in [4.69, 9.17) is 35.1 Å². The highest BCUT2D eigenvalue weighted by molar-refractivity contribution is 7.52. The minimum atomic E-state index is -4.35. The van der Waals surface area contributed by atoms with Gasteiger partial charge < -0.3 is 29.2 Å². The van der Waals surface area contributed by atoms with Crippen molar-refractivity contribution in [1.29, 1.82) is 5.26 Å². The van der Waals surface area contributed by atoms with Crippen LogP contribution in [0.15, 0.2) is 48.8 Å². The van der Waals surface area contributed by atoms with Crippen LogP contribution < -0.4 is 15.3 Å². The molecule has 15 nitrogen and oxygen atoms in total. The highest BCUT2D eigenvalue weighted by atomic mass is 31.2. The number of esters is 1. The number of carbonyl (C=O) groups excluding carboxylic acids is 2. The second-order valence-electron chi connectivity index (χ2n) is 10.3. The maximum absolute atomic E-state index is 14.1. The molecule has 2 aromatic heterocycles. The third-order valence-electron chi connectivity index (χ3n) is 7.50. The van der Waals surface area contributed by atoms with Crippen LogP contribution in [0.4, 0.5) is 10.6 Å². The van der Waals surface area contributed by atoms with Gasteiger partial charge in [-0.15, -0.1) is 0 Å². The van der Waals surface area contributed by atoms with E-state index in [2.05, 4.69) is 15.2 Å². The Hall–Kier alpha value is -4.22. The maximum atomic E-state index is 14.1. The molecule has 2 aliphatic rings. The molecule has 44 heavy (non-hydrogen) atoms. The number of aromatic nitrogens is 3. The van der Waals surface area contributed by atoms with Crippen molar-refractivity contribution >= 4 is 31.2 Å². The van der Waals surface area contributed by atoms with Gasteiger partial charge in [0.15, 0.2) is 18.0 Å². The first-order valence-corrected chi connectivity index (χ1v) is 15.6. The zero-order valence-electron chi connectivity index (χ0n) is 25.2. The standard InChI is InChI=1S/C28H33N6O9P/c1-4-18(5-2)13-38-26(35)17(3)33-44(37,43-19-9-7-6-8-10-19)39-14-21-23-24(41-27(36)40-23)28(15-29,42-21)22-12-11-20-25(30)31-16-32-34(20)22/h6-12,16-18,21,23-24H,4-5,13-14H2,1-3H3,(H,33,37)(H2,30,31,32)/t17-,21+,23+,24+,28-,44-/m0/s1/i11D. The molecule has 6 atom stereocenters.